The zero-order valence-electron chi connectivity index (χ0n) is 11.9. The molecular formula is C14H28N2O2S. The third-order valence-electron chi connectivity index (χ3n) is 4.76. The molecule has 0 atom stereocenters. The Morgan fingerprint density at radius 2 is 1.68 bits per heavy atom. The smallest absolute Gasteiger partial charge is 0.211 e. The molecule has 4 nitrogen and oxygen atoms in total. The molecule has 2 rings (SSSR count). The highest BCUT2D eigenvalue weighted by Gasteiger charge is 2.28. The molecule has 0 amide bonds. The Hall–Kier alpha value is -0.130. The van der Waals surface area contributed by atoms with Crippen molar-refractivity contribution in [1.29, 1.82) is 0 Å². The zero-order chi connectivity index (χ0) is 13.8. The highest BCUT2D eigenvalue weighted by molar-refractivity contribution is 7.89. The maximum Gasteiger partial charge on any atom is 0.211 e. The summed E-state index contributed by atoms with van der Waals surface area (Å²) in [6.07, 6.45) is 11.1. The fraction of sp³-hybridized carbons (Fsp3) is 1.00. The number of nitrogens with one attached hydrogen (secondary N) is 1. The second-order valence-corrected chi connectivity index (χ2v) is 8.43. The van der Waals surface area contributed by atoms with Crippen molar-refractivity contribution in [2.45, 2.75) is 69.7 Å². The molecule has 2 fully saturated rings. The van der Waals surface area contributed by atoms with Gasteiger partial charge in [0.05, 0.1) is 5.75 Å². The predicted molar refractivity (Wildman–Crippen MR) is 78.4 cm³/mol. The van der Waals surface area contributed by atoms with Crippen molar-refractivity contribution in [1.82, 2.24) is 4.72 Å². The van der Waals surface area contributed by atoms with Crippen molar-refractivity contribution in [2.75, 3.05) is 12.3 Å². The minimum absolute atomic E-state index is 0.272. The second-order valence-electron chi connectivity index (χ2n) is 6.50. The van der Waals surface area contributed by atoms with Crippen molar-refractivity contribution >= 4 is 10.0 Å². The monoisotopic (exact) mass is 288 g/mol. The summed E-state index contributed by atoms with van der Waals surface area (Å²) in [6, 6.07) is 0. The first kappa shape index (κ1) is 15.3. The summed E-state index contributed by atoms with van der Waals surface area (Å²) >= 11 is 0. The quantitative estimate of drug-likeness (QED) is 0.736. The van der Waals surface area contributed by atoms with Crippen LogP contribution in [0.4, 0.5) is 0 Å². The van der Waals surface area contributed by atoms with Crippen LogP contribution in [0.15, 0.2) is 0 Å². The molecule has 0 bridgehead atoms. The number of hydrogen-bond donors (Lipinski definition) is 2. The van der Waals surface area contributed by atoms with Gasteiger partial charge >= 0.3 is 0 Å². The Balaban J connectivity index is 1.75. The van der Waals surface area contributed by atoms with Crippen LogP contribution in [0.3, 0.4) is 0 Å². The van der Waals surface area contributed by atoms with E-state index in [1.54, 1.807) is 0 Å². The molecule has 19 heavy (non-hydrogen) atoms. The molecule has 0 heterocycles. The van der Waals surface area contributed by atoms with E-state index in [1.807, 2.05) is 0 Å². The van der Waals surface area contributed by atoms with E-state index in [1.165, 1.54) is 32.1 Å². The molecule has 0 spiro atoms. The van der Waals surface area contributed by atoms with Gasteiger partial charge in [-0.3, -0.25) is 0 Å². The maximum absolute atomic E-state index is 12.0. The van der Waals surface area contributed by atoms with Crippen LogP contribution in [-0.4, -0.2) is 26.3 Å². The highest BCUT2D eigenvalue weighted by atomic mass is 32.2. The van der Waals surface area contributed by atoms with Gasteiger partial charge in [0.15, 0.2) is 0 Å². The Bertz CT molecular complexity index is 369. The molecule has 0 aromatic heterocycles. The van der Waals surface area contributed by atoms with E-state index < -0.39 is 10.0 Å². The molecule has 0 aliphatic heterocycles. The van der Waals surface area contributed by atoms with Gasteiger partial charge in [-0.15, -0.1) is 0 Å². The van der Waals surface area contributed by atoms with Crippen LogP contribution in [0.2, 0.25) is 0 Å². The summed E-state index contributed by atoms with van der Waals surface area (Å²) in [4.78, 5) is 0. The fourth-order valence-corrected chi connectivity index (χ4v) is 4.33. The fourth-order valence-electron chi connectivity index (χ4n) is 3.04. The van der Waals surface area contributed by atoms with Crippen molar-refractivity contribution < 1.29 is 8.42 Å². The normalized spacial score (nSPS) is 24.7. The molecule has 2 saturated carbocycles. The van der Waals surface area contributed by atoms with Crippen LogP contribution in [0.5, 0.6) is 0 Å². The molecule has 0 radical (unpaired) electrons. The van der Waals surface area contributed by atoms with E-state index in [9.17, 15) is 8.42 Å². The van der Waals surface area contributed by atoms with Gasteiger partial charge in [-0.1, -0.05) is 44.9 Å². The first-order chi connectivity index (χ1) is 8.99. The summed E-state index contributed by atoms with van der Waals surface area (Å²) in [5.74, 6) is 0.912. The average molecular weight is 288 g/mol. The topological polar surface area (TPSA) is 72.2 Å². The zero-order valence-corrected chi connectivity index (χ0v) is 12.7. The maximum atomic E-state index is 12.0. The molecule has 0 aromatic carbocycles. The van der Waals surface area contributed by atoms with Crippen LogP contribution in [0.25, 0.3) is 0 Å². The Labute approximate surface area is 117 Å². The molecular weight excluding hydrogens is 260 g/mol. The molecule has 0 saturated heterocycles. The van der Waals surface area contributed by atoms with Crippen molar-refractivity contribution in [2.24, 2.45) is 11.7 Å². The third kappa shape index (κ3) is 5.04. The van der Waals surface area contributed by atoms with Crippen molar-refractivity contribution in [3.63, 3.8) is 0 Å². The van der Waals surface area contributed by atoms with Gasteiger partial charge in [-0.05, 0) is 25.2 Å². The minimum atomic E-state index is -3.13. The van der Waals surface area contributed by atoms with Gasteiger partial charge in [-0.25, -0.2) is 13.1 Å². The molecule has 5 heteroatoms. The summed E-state index contributed by atoms with van der Waals surface area (Å²) in [5, 5.41) is 0. The van der Waals surface area contributed by atoms with Gasteiger partial charge in [-0.2, -0.15) is 0 Å². The van der Waals surface area contributed by atoms with Gasteiger partial charge in [0.2, 0.25) is 10.0 Å². The van der Waals surface area contributed by atoms with Gasteiger partial charge in [0.25, 0.3) is 0 Å². The van der Waals surface area contributed by atoms with E-state index >= 15 is 0 Å². The molecule has 2 aliphatic carbocycles. The number of nitrogens with two attached hydrogens (primary N) is 1. The van der Waals surface area contributed by atoms with Crippen LogP contribution in [0.1, 0.15) is 64.2 Å². The highest BCUT2D eigenvalue weighted by Crippen LogP contribution is 2.29. The summed E-state index contributed by atoms with van der Waals surface area (Å²) < 4.78 is 26.7. The molecule has 0 unspecified atom stereocenters. The van der Waals surface area contributed by atoms with Crippen molar-refractivity contribution in [3.05, 3.63) is 0 Å². The lowest BCUT2D eigenvalue weighted by atomic mass is 9.84. The summed E-state index contributed by atoms with van der Waals surface area (Å²) in [5.41, 5.74) is 6.01. The average Bonchev–Trinajstić information content (AvgIpc) is 2.50. The Morgan fingerprint density at radius 1 is 1.05 bits per heavy atom. The van der Waals surface area contributed by atoms with Gasteiger partial charge < -0.3 is 5.73 Å². The standard InChI is InChI=1S/C14H28N2O2S/c15-14(9-3-1-2-4-10-14)12-16-19(17,18)11-8-13-6-5-7-13/h13,16H,1-12,15H2. The second kappa shape index (κ2) is 6.55. The van der Waals surface area contributed by atoms with E-state index in [0.29, 0.717) is 12.5 Å². The lowest BCUT2D eigenvalue weighted by molar-refractivity contribution is 0.306. The first-order valence-corrected chi connectivity index (χ1v) is 9.41. The lowest BCUT2D eigenvalue weighted by Gasteiger charge is -2.29. The summed E-state index contributed by atoms with van der Waals surface area (Å²) in [7, 11) is -3.13. The van der Waals surface area contributed by atoms with Gasteiger partial charge in [0, 0.05) is 12.1 Å². The molecule has 2 aliphatic rings. The first-order valence-electron chi connectivity index (χ1n) is 7.75. The number of sulfonamides is 1. The van der Waals surface area contributed by atoms with Crippen LogP contribution < -0.4 is 10.5 Å². The van der Waals surface area contributed by atoms with Crippen LogP contribution in [-0.2, 0) is 10.0 Å². The van der Waals surface area contributed by atoms with Gasteiger partial charge in [0.1, 0.15) is 0 Å². The van der Waals surface area contributed by atoms with E-state index in [0.717, 1.165) is 32.1 Å². The van der Waals surface area contributed by atoms with Crippen molar-refractivity contribution in [3.8, 4) is 0 Å². The molecule has 3 N–H and O–H groups in total. The van der Waals surface area contributed by atoms with Crippen LogP contribution >= 0.6 is 0 Å². The van der Waals surface area contributed by atoms with E-state index in [2.05, 4.69) is 4.72 Å². The number of hydrogen-bond acceptors (Lipinski definition) is 3. The SMILES string of the molecule is NC1(CNS(=O)(=O)CCC2CCC2)CCCCCC1. The lowest BCUT2D eigenvalue weighted by Crippen LogP contribution is -2.50. The number of rotatable bonds is 6. The minimum Gasteiger partial charge on any atom is -0.324 e. The Morgan fingerprint density at radius 3 is 2.21 bits per heavy atom. The van der Waals surface area contributed by atoms with E-state index in [4.69, 9.17) is 5.73 Å². The third-order valence-corrected chi connectivity index (χ3v) is 6.12. The molecule has 112 valence electrons. The van der Waals surface area contributed by atoms with E-state index in [-0.39, 0.29) is 11.3 Å². The Kier molecular flexibility index (Phi) is 5.26. The largest absolute Gasteiger partial charge is 0.324 e. The molecule has 0 aromatic rings. The predicted octanol–water partition coefficient (Wildman–Crippen LogP) is 2.15. The van der Waals surface area contributed by atoms with Crippen LogP contribution in [0, 0.1) is 5.92 Å². The summed E-state index contributed by atoms with van der Waals surface area (Å²) in [6.45, 7) is 0.417.